The minimum atomic E-state index is -0.841. The van der Waals surface area contributed by atoms with Crippen LogP contribution in [-0.2, 0) is 9.59 Å². The molecule has 1 saturated carbocycles. The predicted molar refractivity (Wildman–Crippen MR) is 47.2 cm³/mol. The maximum atomic E-state index is 11.2. The zero-order valence-corrected chi connectivity index (χ0v) is 7.75. The first-order valence-electron chi connectivity index (χ1n) is 4.59. The third kappa shape index (κ3) is 4.50. The standard InChI is InChI=1S/C9H15NO3/c1-6(5-9(12)13)4-8(11)10-7-2-3-7/h6-7H,2-5H2,1H3,(H,10,11)(H,12,13). The van der Waals surface area contributed by atoms with Crippen molar-refractivity contribution >= 4 is 11.9 Å². The third-order valence-corrected chi connectivity index (χ3v) is 2.00. The van der Waals surface area contributed by atoms with Crippen LogP contribution in [0.4, 0.5) is 0 Å². The Bertz CT molecular complexity index is 211. The number of hydrogen-bond donors (Lipinski definition) is 2. The number of amides is 1. The van der Waals surface area contributed by atoms with Gasteiger partial charge in [0.1, 0.15) is 0 Å². The summed E-state index contributed by atoms with van der Waals surface area (Å²) >= 11 is 0. The zero-order chi connectivity index (χ0) is 9.84. The number of nitrogens with one attached hydrogen (secondary N) is 1. The predicted octanol–water partition coefficient (Wildman–Crippen LogP) is 0.766. The summed E-state index contributed by atoms with van der Waals surface area (Å²) in [4.78, 5) is 21.5. The lowest BCUT2D eigenvalue weighted by Gasteiger charge is -2.08. The maximum absolute atomic E-state index is 11.2. The van der Waals surface area contributed by atoms with Crippen LogP contribution in [0.5, 0.6) is 0 Å². The molecule has 1 unspecified atom stereocenters. The minimum absolute atomic E-state index is 0.0174. The monoisotopic (exact) mass is 185 g/mol. The Labute approximate surface area is 77.3 Å². The largest absolute Gasteiger partial charge is 0.481 e. The summed E-state index contributed by atoms with van der Waals surface area (Å²) in [7, 11) is 0. The van der Waals surface area contributed by atoms with Crippen molar-refractivity contribution in [2.24, 2.45) is 5.92 Å². The second-order valence-electron chi connectivity index (χ2n) is 3.75. The highest BCUT2D eigenvalue weighted by Gasteiger charge is 2.24. The van der Waals surface area contributed by atoms with E-state index in [0.717, 1.165) is 12.8 Å². The van der Waals surface area contributed by atoms with Crippen molar-refractivity contribution in [1.82, 2.24) is 5.32 Å². The highest BCUT2D eigenvalue weighted by molar-refractivity contribution is 5.77. The molecule has 4 nitrogen and oxygen atoms in total. The fourth-order valence-electron chi connectivity index (χ4n) is 1.20. The molecule has 1 aliphatic carbocycles. The average Bonchev–Trinajstić information content (AvgIpc) is 2.67. The van der Waals surface area contributed by atoms with E-state index < -0.39 is 5.97 Å². The maximum Gasteiger partial charge on any atom is 0.303 e. The van der Waals surface area contributed by atoms with Gasteiger partial charge in [-0.2, -0.15) is 0 Å². The number of carboxylic acids is 1. The topological polar surface area (TPSA) is 66.4 Å². The Hall–Kier alpha value is -1.06. The molecule has 1 amide bonds. The number of aliphatic carboxylic acids is 1. The van der Waals surface area contributed by atoms with Gasteiger partial charge in [0.2, 0.25) is 5.91 Å². The van der Waals surface area contributed by atoms with Gasteiger partial charge in [0.15, 0.2) is 0 Å². The first kappa shape index (κ1) is 10.0. The highest BCUT2D eigenvalue weighted by Crippen LogP contribution is 2.19. The molecule has 0 aromatic rings. The minimum Gasteiger partial charge on any atom is -0.481 e. The molecule has 0 aromatic carbocycles. The number of carbonyl (C=O) groups excluding carboxylic acids is 1. The average molecular weight is 185 g/mol. The van der Waals surface area contributed by atoms with Crippen molar-refractivity contribution in [2.75, 3.05) is 0 Å². The molecule has 2 N–H and O–H groups in total. The molecule has 0 heterocycles. The summed E-state index contributed by atoms with van der Waals surface area (Å²) in [6, 6.07) is 0.365. The van der Waals surface area contributed by atoms with E-state index in [1.807, 2.05) is 0 Å². The van der Waals surface area contributed by atoms with Crippen LogP contribution >= 0.6 is 0 Å². The van der Waals surface area contributed by atoms with Crippen LogP contribution in [0.15, 0.2) is 0 Å². The summed E-state index contributed by atoms with van der Waals surface area (Å²) in [5, 5.41) is 11.3. The van der Waals surface area contributed by atoms with E-state index in [0.29, 0.717) is 12.5 Å². The van der Waals surface area contributed by atoms with Gasteiger partial charge in [-0.05, 0) is 18.8 Å². The van der Waals surface area contributed by atoms with Crippen LogP contribution in [0.2, 0.25) is 0 Å². The molecule has 4 heteroatoms. The van der Waals surface area contributed by atoms with Crippen LogP contribution in [0.25, 0.3) is 0 Å². The Kier molecular flexibility index (Phi) is 3.28. The van der Waals surface area contributed by atoms with Gasteiger partial charge in [-0.15, -0.1) is 0 Å². The summed E-state index contributed by atoms with van der Waals surface area (Å²) in [5.74, 6) is -0.931. The van der Waals surface area contributed by atoms with E-state index in [4.69, 9.17) is 5.11 Å². The van der Waals surface area contributed by atoms with Crippen molar-refractivity contribution in [2.45, 2.75) is 38.6 Å². The van der Waals surface area contributed by atoms with Crippen molar-refractivity contribution in [3.63, 3.8) is 0 Å². The third-order valence-electron chi connectivity index (χ3n) is 2.00. The van der Waals surface area contributed by atoms with Gasteiger partial charge in [-0.25, -0.2) is 0 Å². The summed E-state index contributed by atoms with van der Waals surface area (Å²) in [5.41, 5.74) is 0. The molecule has 0 aromatic heterocycles. The summed E-state index contributed by atoms with van der Waals surface area (Å²) < 4.78 is 0. The molecule has 0 aliphatic heterocycles. The normalized spacial score (nSPS) is 17.9. The molecule has 1 fully saturated rings. The van der Waals surface area contributed by atoms with Gasteiger partial charge >= 0.3 is 5.97 Å². The molecule has 13 heavy (non-hydrogen) atoms. The van der Waals surface area contributed by atoms with Crippen LogP contribution in [-0.4, -0.2) is 23.0 Å². The molecule has 0 bridgehead atoms. The first-order chi connectivity index (χ1) is 6.08. The van der Waals surface area contributed by atoms with Crippen LogP contribution in [0.3, 0.4) is 0 Å². The van der Waals surface area contributed by atoms with Crippen molar-refractivity contribution in [3.05, 3.63) is 0 Å². The molecule has 74 valence electrons. The van der Waals surface area contributed by atoms with Crippen LogP contribution in [0.1, 0.15) is 32.6 Å². The quantitative estimate of drug-likeness (QED) is 0.664. The molecule has 0 saturated heterocycles. The Morgan fingerprint density at radius 2 is 2.08 bits per heavy atom. The van der Waals surface area contributed by atoms with E-state index in [1.54, 1.807) is 6.92 Å². The fourth-order valence-corrected chi connectivity index (χ4v) is 1.20. The van der Waals surface area contributed by atoms with Gasteiger partial charge < -0.3 is 10.4 Å². The number of hydrogen-bond acceptors (Lipinski definition) is 2. The molecule has 1 atom stereocenters. The zero-order valence-electron chi connectivity index (χ0n) is 7.75. The second kappa shape index (κ2) is 4.25. The smallest absolute Gasteiger partial charge is 0.303 e. The second-order valence-corrected chi connectivity index (χ2v) is 3.75. The lowest BCUT2D eigenvalue weighted by molar-refractivity contribution is -0.138. The summed E-state index contributed by atoms with van der Waals surface area (Å²) in [6.07, 6.45) is 2.53. The lowest BCUT2D eigenvalue weighted by atomic mass is 10.0. The fraction of sp³-hybridized carbons (Fsp3) is 0.778. The summed E-state index contributed by atoms with van der Waals surface area (Å²) in [6.45, 7) is 1.78. The van der Waals surface area contributed by atoms with E-state index in [1.165, 1.54) is 0 Å². The Balaban J connectivity index is 2.13. The van der Waals surface area contributed by atoms with Gasteiger partial charge in [0, 0.05) is 18.9 Å². The van der Waals surface area contributed by atoms with Crippen molar-refractivity contribution < 1.29 is 14.7 Å². The van der Waals surface area contributed by atoms with Crippen molar-refractivity contribution in [1.29, 1.82) is 0 Å². The molecular formula is C9H15NO3. The first-order valence-corrected chi connectivity index (χ1v) is 4.59. The molecule has 0 spiro atoms. The highest BCUT2D eigenvalue weighted by atomic mass is 16.4. The Morgan fingerprint density at radius 1 is 1.46 bits per heavy atom. The van der Waals surface area contributed by atoms with Gasteiger partial charge in [-0.1, -0.05) is 6.92 Å². The number of carboxylic acid groups (broad SMARTS) is 1. The van der Waals surface area contributed by atoms with E-state index >= 15 is 0 Å². The van der Waals surface area contributed by atoms with Crippen LogP contribution < -0.4 is 5.32 Å². The molecule has 1 aliphatic rings. The SMILES string of the molecule is CC(CC(=O)O)CC(=O)NC1CC1. The number of rotatable bonds is 5. The van der Waals surface area contributed by atoms with E-state index in [9.17, 15) is 9.59 Å². The Morgan fingerprint density at radius 3 is 2.54 bits per heavy atom. The number of carbonyl (C=O) groups is 2. The van der Waals surface area contributed by atoms with E-state index in [-0.39, 0.29) is 18.2 Å². The lowest BCUT2D eigenvalue weighted by Crippen LogP contribution is -2.27. The van der Waals surface area contributed by atoms with Crippen LogP contribution in [0, 0.1) is 5.92 Å². The van der Waals surface area contributed by atoms with Gasteiger partial charge in [-0.3, -0.25) is 9.59 Å². The molecule has 0 radical (unpaired) electrons. The molecule has 1 rings (SSSR count). The molecular weight excluding hydrogens is 170 g/mol. The van der Waals surface area contributed by atoms with Gasteiger partial charge in [0.25, 0.3) is 0 Å². The van der Waals surface area contributed by atoms with Gasteiger partial charge in [0.05, 0.1) is 0 Å². The van der Waals surface area contributed by atoms with Crippen molar-refractivity contribution in [3.8, 4) is 0 Å². The van der Waals surface area contributed by atoms with E-state index in [2.05, 4.69) is 5.32 Å².